The number of hydrogen-bond donors (Lipinski definition) is 2. The number of nitroso groups, excluding NO2 is 2. The van der Waals surface area contributed by atoms with Crippen molar-refractivity contribution in [3.05, 3.63) is 46.2 Å². The largest absolute Gasteiger partial charge is 0.242 e. The van der Waals surface area contributed by atoms with E-state index in [9.17, 15) is 9.81 Å². The van der Waals surface area contributed by atoms with Gasteiger partial charge in [-0.05, 0) is 12.1 Å². The van der Waals surface area contributed by atoms with E-state index in [0.717, 1.165) is 10.8 Å². The van der Waals surface area contributed by atoms with E-state index in [2.05, 4.69) is 21.4 Å². The molecule has 0 aromatic heterocycles. The highest BCUT2D eigenvalue weighted by Gasteiger charge is 2.04. The summed E-state index contributed by atoms with van der Waals surface area (Å²) in [6, 6.07) is 10.6. The minimum absolute atomic E-state index is 0.585. The van der Waals surface area contributed by atoms with Crippen molar-refractivity contribution in [2.75, 3.05) is 10.9 Å². The predicted octanol–water partition coefficient (Wildman–Crippen LogP) is 3.03. The average Bonchev–Trinajstić information content (AvgIpc) is 2.33. The van der Waals surface area contributed by atoms with Crippen LogP contribution in [0.15, 0.2) is 47.0 Å². The molecule has 80 valence electrons. The summed E-state index contributed by atoms with van der Waals surface area (Å²) < 4.78 is 0. The maximum atomic E-state index is 10.2. The van der Waals surface area contributed by atoms with Gasteiger partial charge in [0.25, 0.3) is 0 Å². The average molecular weight is 216 g/mol. The molecular formula is C10H8N4O2. The Morgan fingerprint density at radius 3 is 1.56 bits per heavy atom. The predicted molar refractivity (Wildman–Crippen MR) is 62.8 cm³/mol. The summed E-state index contributed by atoms with van der Waals surface area (Å²) in [6.07, 6.45) is 0. The van der Waals surface area contributed by atoms with Gasteiger partial charge >= 0.3 is 0 Å². The molecule has 0 saturated heterocycles. The Morgan fingerprint density at radius 2 is 1.19 bits per heavy atom. The van der Waals surface area contributed by atoms with Crippen molar-refractivity contribution in [1.29, 1.82) is 0 Å². The Bertz CT molecular complexity index is 493. The van der Waals surface area contributed by atoms with Crippen molar-refractivity contribution in [3.8, 4) is 0 Å². The summed E-state index contributed by atoms with van der Waals surface area (Å²) in [6.45, 7) is 0. The van der Waals surface area contributed by atoms with Crippen LogP contribution in [0.5, 0.6) is 0 Å². The van der Waals surface area contributed by atoms with Gasteiger partial charge in [-0.1, -0.05) is 24.3 Å². The molecule has 0 fully saturated rings. The van der Waals surface area contributed by atoms with Gasteiger partial charge in [0, 0.05) is 10.8 Å². The normalized spacial score (nSPS) is 9.75. The second-order valence-corrected chi connectivity index (χ2v) is 3.11. The molecule has 2 N–H and O–H groups in total. The van der Waals surface area contributed by atoms with Crippen LogP contribution in [-0.2, 0) is 0 Å². The number of nitrogens with zero attached hydrogens (tertiary/aromatic N) is 2. The van der Waals surface area contributed by atoms with Crippen LogP contribution < -0.4 is 10.9 Å². The molecule has 0 atom stereocenters. The Hall–Kier alpha value is -2.50. The SMILES string of the molecule is O=NNc1ccc(NN=O)c2ccccc12. The van der Waals surface area contributed by atoms with Crippen LogP contribution in [0.25, 0.3) is 10.8 Å². The Labute approximate surface area is 90.5 Å². The fourth-order valence-electron chi connectivity index (χ4n) is 1.59. The van der Waals surface area contributed by atoms with Gasteiger partial charge in [-0.2, -0.15) is 0 Å². The number of nitrogens with one attached hydrogen (secondary N) is 2. The first-order chi connectivity index (χ1) is 7.86. The molecule has 0 aliphatic rings. The van der Waals surface area contributed by atoms with E-state index >= 15 is 0 Å². The summed E-state index contributed by atoms with van der Waals surface area (Å²) in [7, 11) is 0. The van der Waals surface area contributed by atoms with Crippen LogP contribution >= 0.6 is 0 Å². The first-order valence-corrected chi connectivity index (χ1v) is 4.55. The molecule has 16 heavy (non-hydrogen) atoms. The Balaban J connectivity index is 2.66. The van der Waals surface area contributed by atoms with E-state index < -0.39 is 0 Å². The smallest absolute Gasteiger partial charge is 0.0674 e. The number of fused-ring (bicyclic) bond motifs is 1. The van der Waals surface area contributed by atoms with Crippen molar-refractivity contribution in [2.45, 2.75) is 0 Å². The maximum absolute atomic E-state index is 10.2. The van der Waals surface area contributed by atoms with Crippen molar-refractivity contribution >= 4 is 22.1 Å². The van der Waals surface area contributed by atoms with Crippen LogP contribution in [-0.4, -0.2) is 0 Å². The fraction of sp³-hybridized carbons (Fsp3) is 0. The first kappa shape index (κ1) is 10.0. The van der Waals surface area contributed by atoms with Crippen LogP contribution in [0.1, 0.15) is 0 Å². The zero-order chi connectivity index (χ0) is 11.4. The molecule has 2 aromatic carbocycles. The van der Waals surface area contributed by atoms with Gasteiger partial charge in [0.2, 0.25) is 0 Å². The molecule has 0 radical (unpaired) electrons. The molecule has 0 bridgehead atoms. The maximum Gasteiger partial charge on any atom is 0.0674 e. The molecule has 0 amide bonds. The highest BCUT2D eigenvalue weighted by atomic mass is 16.3. The highest BCUT2D eigenvalue weighted by Crippen LogP contribution is 2.29. The van der Waals surface area contributed by atoms with Gasteiger partial charge in [-0.15, -0.1) is 9.81 Å². The minimum Gasteiger partial charge on any atom is -0.242 e. The van der Waals surface area contributed by atoms with Gasteiger partial charge in [-0.25, -0.2) is 10.9 Å². The molecule has 0 saturated carbocycles. The molecular weight excluding hydrogens is 208 g/mol. The van der Waals surface area contributed by atoms with E-state index in [1.54, 1.807) is 12.1 Å². The van der Waals surface area contributed by atoms with Crippen LogP contribution in [0.2, 0.25) is 0 Å². The van der Waals surface area contributed by atoms with Gasteiger partial charge in [0.05, 0.1) is 21.9 Å². The van der Waals surface area contributed by atoms with Crippen molar-refractivity contribution in [1.82, 2.24) is 0 Å². The molecule has 6 heteroatoms. The van der Waals surface area contributed by atoms with Crippen LogP contribution in [0, 0.1) is 9.81 Å². The third-order valence-electron chi connectivity index (χ3n) is 2.26. The molecule has 2 rings (SSSR count). The van der Waals surface area contributed by atoms with E-state index in [-0.39, 0.29) is 0 Å². The van der Waals surface area contributed by atoms with E-state index in [0.29, 0.717) is 11.4 Å². The first-order valence-electron chi connectivity index (χ1n) is 4.55. The molecule has 6 nitrogen and oxygen atoms in total. The summed E-state index contributed by atoms with van der Waals surface area (Å²) in [5.41, 5.74) is 5.88. The Kier molecular flexibility index (Phi) is 2.73. The number of rotatable bonds is 4. The number of anilines is 2. The third kappa shape index (κ3) is 1.68. The second-order valence-electron chi connectivity index (χ2n) is 3.11. The Morgan fingerprint density at radius 1 is 0.750 bits per heavy atom. The molecule has 0 heterocycles. The number of hydrogen-bond acceptors (Lipinski definition) is 4. The topological polar surface area (TPSA) is 82.9 Å². The molecule has 0 aliphatic heterocycles. The van der Waals surface area contributed by atoms with Gasteiger partial charge < -0.3 is 0 Å². The molecule has 0 aliphatic carbocycles. The lowest BCUT2D eigenvalue weighted by molar-refractivity contribution is 1.31. The van der Waals surface area contributed by atoms with Crippen LogP contribution in [0.4, 0.5) is 11.4 Å². The van der Waals surface area contributed by atoms with E-state index in [1.807, 2.05) is 24.3 Å². The monoisotopic (exact) mass is 216 g/mol. The van der Waals surface area contributed by atoms with E-state index in [4.69, 9.17) is 0 Å². The molecule has 0 unspecified atom stereocenters. The molecule has 0 spiro atoms. The van der Waals surface area contributed by atoms with Gasteiger partial charge in [0.1, 0.15) is 0 Å². The quantitative estimate of drug-likeness (QED) is 0.607. The summed E-state index contributed by atoms with van der Waals surface area (Å²) in [5, 5.41) is 6.83. The minimum atomic E-state index is 0.585. The van der Waals surface area contributed by atoms with Crippen molar-refractivity contribution < 1.29 is 0 Å². The highest BCUT2D eigenvalue weighted by molar-refractivity contribution is 6.01. The lowest BCUT2D eigenvalue weighted by Gasteiger charge is -2.07. The van der Waals surface area contributed by atoms with Crippen molar-refractivity contribution in [3.63, 3.8) is 0 Å². The summed E-state index contributed by atoms with van der Waals surface area (Å²) in [5.74, 6) is 0. The number of benzene rings is 2. The second kappa shape index (κ2) is 4.35. The zero-order valence-electron chi connectivity index (χ0n) is 8.18. The molecule has 2 aromatic rings. The van der Waals surface area contributed by atoms with Crippen molar-refractivity contribution in [2.24, 2.45) is 10.6 Å². The van der Waals surface area contributed by atoms with Crippen LogP contribution in [0.3, 0.4) is 0 Å². The van der Waals surface area contributed by atoms with E-state index in [1.165, 1.54) is 0 Å². The third-order valence-corrected chi connectivity index (χ3v) is 2.26. The van der Waals surface area contributed by atoms with Gasteiger partial charge in [-0.3, -0.25) is 0 Å². The summed E-state index contributed by atoms with van der Waals surface area (Å²) in [4.78, 5) is 20.4. The lowest BCUT2D eigenvalue weighted by Crippen LogP contribution is -1.92. The zero-order valence-corrected chi connectivity index (χ0v) is 8.18. The fourth-order valence-corrected chi connectivity index (χ4v) is 1.59. The lowest BCUT2D eigenvalue weighted by atomic mass is 10.1. The van der Waals surface area contributed by atoms with Gasteiger partial charge in [0.15, 0.2) is 0 Å². The summed E-state index contributed by atoms with van der Waals surface area (Å²) >= 11 is 0. The standard InChI is InChI=1S/C10H8N4O2/c15-13-11-9-5-6-10(12-14-16)8-4-2-1-3-7(8)9/h1-6H,(H,11,15)(H,12,16).